The number of aromatic amines is 1. The third kappa shape index (κ3) is 2.68. The van der Waals surface area contributed by atoms with Gasteiger partial charge in [-0.2, -0.15) is 0 Å². The zero-order valence-corrected chi connectivity index (χ0v) is 9.93. The van der Waals surface area contributed by atoms with Crippen LogP contribution in [-0.4, -0.2) is 41.2 Å². The lowest BCUT2D eigenvalue weighted by molar-refractivity contribution is 0.112. The van der Waals surface area contributed by atoms with E-state index in [0.717, 1.165) is 0 Å². The summed E-state index contributed by atoms with van der Waals surface area (Å²) in [6, 6.07) is 0. The van der Waals surface area contributed by atoms with E-state index in [1.165, 1.54) is 10.9 Å². The Morgan fingerprint density at radius 3 is 2.53 bits per heavy atom. The number of aliphatic imine (C=N–C) groups is 1. The van der Waals surface area contributed by atoms with Gasteiger partial charge in [-0.15, -0.1) is 0 Å². The van der Waals surface area contributed by atoms with Crippen LogP contribution in [0.5, 0.6) is 0 Å². The third-order valence-corrected chi connectivity index (χ3v) is 2.05. The second kappa shape index (κ2) is 5.24. The van der Waals surface area contributed by atoms with Crippen molar-refractivity contribution in [1.29, 1.82) is 0 Å². The predicted octanol–water partition coefficient (Wildman–Crippen LogP) is -0.410. The summed E-state index contributed by atoms with van der Waals surface area (Å²) >= 11 is 0. The molecular weight excluding hydrogens is 224 g/mol. The Hall–Kier alpha value is -2.18. The zero-order valence-electron chi connectivity index (χ0n) is 9.93. The van der Waals surface area contributed by atoms with Crippen LogP contribution in [0.3, 0.4) is 0 Å². The van der Waals surface area contributed by atoms with Crippen molar-refractivity contribution in [3.63, 3.8) is 0 Å². The molecular formula is C10H14N4O3. The molecule has 1 N–H and O–H groups in total. The number of aromatic nitrogens is 2. The lowest BCUT2D eigenvalue weighted by Gasteiger charge is -2.09. The van der Waals surface area contributed by atoms with E-state index in [2.05, 4.69) is 9.98 Å². The van der Waals surface area contributed by atoms with Crippen molar-refractivity contribution in [3.05, 3.63) is 26.4 Å². The topological polar surface area (TPSA) is 87.5 Å². The molecule has 7 nitrogen and oxygen atoms in total. The van der Waals surface area contributed by atoms with Crippen LogP contribution in [0.15, 0.2) is 14.6 Å². The number of nitrogens with one attached hydrogen (secondary N) is 1. The molecule has 1 aromatic rings. The Kier molecular flexibility index (Phi) is 3.97. The van der Waals surface area contributed by atoms with Gasteiger partial charge < -0.3 is 4.90 Å². The Labute approximate surface area is 97.4 Å². The highest BCUT2D eigenvalue weighted by atomic mass is 16.2. The normalized spacial score (nSPS) is 10.8. The second-order valence-electron chi connectivity index (χ2n) is 3.57. The number of aldehydes is 1. The molecule has 1 rings (SSSR count). The van der Waals surface area contributed by atoms with E-state index in [0.29, 0.717) is 12.8 Å². The highest BCUT2D eigenvalue weighted by Gasteiger charge is 2.12. The average molecular weight is 238 g/mol. The minimum Gasteiger partial charge on any atom is -0.369 e. The standard InChI is InChI=1S/C10H14N4O3/c1-4-14-8(11-6-13(2)3)7(5-15)9(16)12-10(14)17/h5-6H,4H2,1-3H3,(H,12,16,17). The number of nitrogens with zero attached hydrogens (tertiary/aromatic N) is 3. The van der Waals surface area contributed by atoms with Gasteiger partial charge in [0.15, 0.2) is 12.1 Å². The van der Waals surface area contributed by atoms with Crippen LogP contribution in [0, 0.1) is 0 Å². The second-order valence-corrected chi connectivity index (χ2v) is 3.57. The molecule has 0 unspecified atom stereocenters. The molecule has 0 amide bonds. The molecule has 0 aliphatic heterocycles. The minimum absolute atomic E-state index is 0.0740. The molecule has 0 bridgehead atoms. The van der Waals surface area contributed by atoms with Gasteiger partial charge in [0.05, 0.1) is 6.34 Å². The highest BCUT2D eigenvalue weighted by molar-refractivity contribution is 5.82. The van der Waals surface area contributed by atoms with Crippen LogP contribution in [0.4, 0.5) is 5.82 Å². The van der Waals surface area contributed by atoms with Gasteiger partial charge in [0.1, 0.15) is 5.56 Å². The lowest BCUT2D eigenvalue weighted by atomic mass is 10.3. The first-order valence-electron chi connectivity index (χ1n) is 5.04. The molecule has 0 spiro atoms. The summed E-state index contributed by atoms with van der Waals surface area (Å²) in [6.07, 6.45) is 1.82. The van der Waals surface area contributed by atoms with Gasteiger partial charge in [-0.05, 0) is 6.92 Å². The molecule has 0 atom stereocenters. The molecule has 0 saturated heterocycles. The van der Waals surface area contributed by atoms with E-state index in [4.69, 9.17) is 0 Å². The van der Waals surface area contributed by atoms with Crippen molar-refractivity contribution >= 4 is 18.4 Å². The van der Waals surface area contributed by atoms with Gasteiger partial charge in [0.25, 0.3) is 5.56 Å². The van der Waals surface area contributed by atoms with E-state index in [1.54, 1.807) is 25.9 Å². The fourth-order valence-electron chi connectivity index (χ4n) is 1.28. The van der Waals surface area contributed by atoms with Crippen LogP contribution in [-0.2, 0) is 6.54 Å². The third-order valence-electron chi connectivity index (χ3n) is 2.05. The maximum atomic E-state index is 11.5. The molecule has 92 valence electrons. The van der Waals surface area contributed by atoms with Crippen molar-refractivity contribution in [2.75, 3.05) is 14.1 Å². The fourth-order valence-corrected chi connectivity index (χ4v) is 1.28. The number of hydrogen-bond donors (Lipinski definition) is 1. The van der Waals surface area contributed by atoms with E-state index in [9.17, 15) is 14.4 Å². The number of hydrogen-bond acceptors (Lipinski definition) is 4. The van der Waals surface area contributed by atoms with Crippen molar-refractivity contribution < 1.29 is 4.79 Å². The molecule has 0 fully saturated rings. The Morgan fingerprint density at radius 1 is 1.41 bits per heavy atom. The highest BCUT2D eigenvalue weighted by Crippen LogP contribution is 2.10. The van der Waals surface area contributed by atoms with Crippen LogP contribution < -0.4 is 11.2 Å². The Balaban J connectivity index is 3.57. The van der Waals surface area contributed by atoms with Crippen molar-refractivity contribution in [2.24, 2.45) is 4.99 Å². The largest absolute Gasteiger partial charge is 0.369 e. The quantitative estimate of drug-likeness (QED) is 0.439. The van der Waals surface area contributed by atoms with Gasteiger partial charge in [-0.1, -0.05) is 0 Å². The molecule has 17 heavy (non-hydrogen) atoms. The van der Waals surface area contributed by atoms with Crippen molar-refractivity contribution in [3.8, 4) is 0 Å². The van der Waals surface area contributed by atoms with Gasteiger partial charge in [0, 0.05) is 20.6 Å². The first-order chi connectivity index (χ1) is 8.01. The first-order valence-corrected chi connectivity index (χ1v) is 5.04. The summed E-state index contributed by atoms with van der Waals surface area (Å²) in [5, 5.41) is 0. The summed E-state index contributed by atoms with van der Waals surface area (Å²) in [4.78, 5) is 41.5. The van der Waals surface area contributed by atoms with E-state index >= 15 is 0 Å². The molecule has 0 aliphatic carbocycles. The maximum absolute atomic E-state index is 11.5. The fraction of sp³-hybridized carbons (Fsp3) is 0.400. The Morgan fingerprint density at radius 2 is 2.06 bits per heavy atom. The smallest absolute Gasteiger partial charge is 0.329 e. The number of carbonyl (C=O) groups excluding carboxylic acids is 1. The molecule has 0 saturated carbocycles. The van der Waals surface area contributed by atoms with E-state index < -0.39 is 11.2 Å². The van der Waals surface area contributed by atoms with Gasteiger partial charge >= 0.3 is 5.69 Å². The monoisotopic (exact) mass is 238 g/mol. The predicted molar refractivity (Wildman–Crippen MR) is 64.2 cm³/mol. The zero-order chi connectivity index (χ0) is 13.0. The SMILES string of the molecule is CCn1c(N=CN(C)C)c(C=O)c(=O)[nH]c1=O. The molecule has 1 heterocycles. The van der Waals surface area contributed by atoms with E-state index in [-0.39, 0.29) is 11.4 Å². The van der Waals surface area contributed by atoms with Gasteiger partial charge in [-0.3, -0.25) is 19.1 Å². The molecule has 0 aliphatic rings. The van der Waals surface area contributed by atoms with Crippen LogP contribution in [0.1, 0.15) is 17.3 Å². The van der Waals surface area contributed by atoms with Gasteiger partial charge in [-0.25, -0.2) is 9.79 Å². The first kappa shape index (κ1) is 12.9. The minimum atomic E-state index is -0.722. The number of H-pyrrole nitrogens is 1. The van der Waals surface area contributed by atoms with Gasteiger partial charge in [0.2, 0.25) is 0 Å². The average Bonchev–Trinajstić information content (AvgIpc) is 2.25. The molecule has 1 aromatic heterocycles. The molecule has 7 heteroatoms. The van der Waals surface area contributed by atoms with Crippen LogP contribution >= 0.6 is 0 Å². The number of carbonyl (C=O) groups is 1. The Bertz CT molecular complexity index is 554. The maximum Gasteiger partial charge on any atom is 0.329 e. The van der Waals surface area contributed by atoms with Crippen molar-refractivity contribution in [2.45, 2.75) is 13.5 Å². The van der Waals surface area contributed by atoms with E-state index in [1.807, 2.05) is 0 Å². The lowest BCUT2D eigenvalue weighted by Crippen LogP contribution is -2.32. The molecule has 0 aromatic carbocycles. The van der Waals surface area contributed by atoms with Crippen molar-refractivity contribution in [1.82, 2.24) is 14.5 Å². The summed E-state index contributed by atoms with van der Waals surface area (Å²) in [6.45, 7) is 2.04. The summed E-state index contributed by atoms with van der Waals surface area (Å²) in [7, 11) is 3.48. The van der Waals surface area contributed by atoms with Crippen LogP contribution in [0.25, 0.3) is 0 Å². The number of rotatable bonds is 4. The summed E-state index contributed by atoms with van der Waals surface area (Å²) in [5.41, 5.74) is -1.45. The van der Waals surface area contributed by atoms with Crippen LogP contribution in [0.2, 0.25) is 0 Å². The molecule has 0 radical (unpaired) electrons. The summed E-state index contributed by atoms with van der Waals surface area (Å²) < 4.78 is 1.23. The summed E-state index contributed by atoms with van der Waals surface area (Å²) in [5.74, 6) is 0.0740.